The van der Waals surface area contributed by atoms with Gasteiger partial charge < -0.3 is 10.1 Å². The van der Waals surface area contributed by atoms with Gasteiger partial charge in [-0.15, -0.1) is 0 Å². The molecule has 1 aliphatic rings. The van der Waals surface area contributed by atoms with Crippen LogP contribution in [0, 0.1) is 5.82 Å². The zero-order valence-electron chi connectivity index (χ0n) is 12.2. The van der Waals surface area contributed by atoms with E-state index in [0.717, 1.165) is 24.3 Å². The molecule has 0 fully saturated rings. The number of fused-ring (bicyclic) bond motifs is 1. The van der Waals surface area contributed by atoms with Crippen molar-refractivity contribution in [1.82, 2.24) is 5.32 Å². The molecule has 1 aliphatic heterocycles. The Morgan fingerprint density at radius 1 is 1.19 bits per heavy atom. The van der Waals surface area contributed by atoms with Crippen molar-refractivity contribution in [1.29, 1.82) is 0 Å². The van der Waals surface area contributed by atoms with Crippen LogP contribution in [-0.2, 0) is 0 Å². The Morgan fingerprint density at radius 3 is 2.76 bits per heavy atom. The Kier molecular flexibility index (Phi) is 4.20. The van der Waals surface area contributed by atoms with Gasteiger partial charge in [0.2, 0.25) is 0 Å². The summed E-state index contributed by atoms with van der Waals surface area (Å²) in [7, 11) is 1.91. The van der Waals surface area contributed by atoms with Gasteiger partial charge in [0.1, 0.15) is 11.6 Å². The molecule has 1 N–H and O–H groups in total. The summed E-state index contributed by atoms with van der Waals surface area (Å²) >= 11 is 0. The molecule has 0 aliphatic carbocycles. The maximum Gasteiger partial charge on any atom is 0.126 e. The third-order valence-electron chi connectivity index (χ3n) is 4.16. The Bertz CT molecular complexity index is 614. The van der Waals surface area contributed by atoms with Crippen molar-refractivity contribution in [2.24, 2.45) is 0 Å². The van der Waals surface area contributed by atoms with Crippen LogP contribution >= 0.6 is 0 Å². The largest absolute Gasteiger partial charge is 0.493 e. The number of ether oxygens (including phenoxy) is 1. The number of nitrogens with one attached hydrogen (secondary N) is 1. The quantitative estimate of drug-likeness (QED) is 0.904. The molecule has 2 aromatic carbocycles. The van der Waals surface area contributed by atoms with Crippen molar-refractivity contribution in [3.05, 3.63) is 65.5 Å². The second kappa shape index (κ2) is 6.27. The number of likely N-dealkylation sites (N-methyl/N-ethyl adjacent to an activating group) is 1. The normalized spacial score (nSPS) is 18.1. The van der Waals surface area contributed by atoms with E-state index in [1.165, 1.54) is 11.6 Å². The molecule has 2 atom stereocenters. The van der Waals surface area contributed by atoms with Gasteiger partial charge in [-0.2, -0.15) is 0 Å². The first kappa shape index (κ1) is 14.1. The lowest BCUT2D eigenvalue weighted by Crippen LogP contribution is -2.21. The van der Waals surface area contributed by atoms with Crippen molar-refractivity contribution in [2.45, 2.75) is 18.3 Å². The highest BCUT2D eigenvalue weighted by atomic mass is 19.1. The van der Waals surface area contributed by atoms with Gasteiger partial charge in [0.25, 0.3) is 0 Å². The van der Waals surface area contributed by atoms with Crippen LogP contribution in [0.3, 0.4) is 0 Å². The standard InChI is InChI=1S/C18H20FNO/c1-20-11-13(15-6-2-4-8-17(15)19)10-14-12-21-18-9-5-3-7-16(14)18/h2-9,13-14,20H,10-12H2,1H3. The van der Waals surface area contributed by atoms with Gasteiger partial charge in [0, 0.05) is 18.0 Å². The van der Waals surface area contributed by atoms with E-state index in [2.05, 4.69) is 11.4 Å². The average molecular weight is 285 g/mol. The maximum atomic E-state index is 14.1. The Balaban J connectivity index is 1.82. The SMILES string of the molecule is CNCC(CC1COc2ccccc21)c1ccccc1F. The minimum absolute atomic E-state index is 0.120. The molecule has 0 amide bonds. The van der Waals surface area contributed by atoms with Crippen LogP contribution in [0.2, 0.25) is 0 Å². The molecule has 0 saturated heterocycles. The third kappa shape index (κ3) is 2.93. The second-order valence-electron chi connectivity index (χ2n) is 5.56. The lowest BCUT2D eigenvalue weighted by molar-refractivity contribution is 0.316. The number of hydrogen-bond donors (Lipinski definition) is 1. The number of rotatable bonds is 5. The fourth-order valence-corrected chi connectivity index (χ4v) is 3.14. The van der Waals surface area contributed by atoms with E-state index in [4.69, 9.17) is 4.74 Å². The third-order valence-corrected chi connectivity index (χ3v) is 4.16. The molecule has 21 heavy (non-hydrogen) atoms. The van der Waals surface area contributed by atoms with Crippen LogP contribution in [0.5, 0.6) is 5.75 Å². The zero-order valence-corrected chi connectivity index (χ0v) is 12.2. The van der Waals surface area contributed by atoms with E-state index in [9.17, 15) is 4.39 Å². The number of halogens is 1. The molecule has 0 radical (unpaired) electrons. The second-order valence-corrected chi connectivity index (χ2v) is 5.56. The first-order valence-electron chi connectivity index (χ1n) is 7.40. The maximum absolute atomic E-state index is 14.1. The molecular formula is C18H20FNO. The smallest absolute Gasteiger partial charge is 0.126 e. The fraction of sp³-hybridized carbons (Fsp3) is 0.333. The molecule has 110 valence electrons. The van der Waals surface area contributed by atoms with Crippen LogP contribution in [0.15, 0.2) is 48.5 Å². The average Bonchev–Trinajstić information content (AvgIpc) is 2.91. The van der Waals surface area contributed by atoms with E-state index in [-0.39, 0.29) is 11.7 Å². The Labute approximate surface area is 125 Å². The first-order valence-corrected chi connectivity index (χ1v) is 7.40. The van der Waals surface area contributed by atoms with Gasteiger partial charge in [-0.05, 0) is 37.1 Å². The number of benzene rings is 2. The van der Waals surface area contributed by atoms with Crippen LogP contribution in [0.1, 0.15) is 29.4 Å². The van der Waals surface area contributed by atoms with Gasteiger partial charge in [0.05, 0.1) is 6.61 Å². The molecule has 0 bridgehead atoms. The van der Waals surface area contributed by atoms with E-state index >= 15 is 0 Å². The Morgan fingerprint density at radius 2 is 1.95 bits per heavy atom. The summed E-state index contributed by atoms with van der Waals surface area (Å²) in [5.74, 6) is 1.33. The zero-order chi connectivity index (χ0) is 14.7. The molecular weight excluding hydrogens is 265 g/mol. The topological polar surface area (TPSA) is 21.3 Å². The van der Waals surface area contributed by atoms with Gasteiger partial charge in [-0.25, -0.2) is 4.39 Å². The monoisotopic (exact) mass is 285 g/mol. The Hall–Kier alpha value is -1.87. The molecule has 2 unspecified atom stereocenters. The lowest BCUT2D eigenvalue weighted by atomic mass is 9.86. The van der Waals surface area contributed by atoms with Gasteiger partial charge >= 0.3 is 0 Å². The minimum atomic E-state index is -0.120. The van der Waals surface area contributed by atoms with Crippen molar-refractivity contribution in [3.8, 4) is 5.75 Å². The van der Waals surface area contributed by atoms with Crippen molar-refractivity contribution in [3.63, 3.8) is 0 Å². The minimum Gasteiger partial charge on any atom is -0.493 e. The fourth-order valence-electron chi connectivity index (χ4n) is 3.14. The highest BCUT2D eigenvalue weighted by Gasteiger charge is 2.27. The van der Waals surface area contributed by atoms with Gasteiger partial charge in [-0.3, -0.25) is 0 Å². The molecule has 2 aromatic rings. The molecule has 2 nitrogen and oxygen atoms in total. The molecule has 3 rings (SSSR count). The molecule has 1 heterocycles. The molecule has 0 aromatic heterocycles. The van der Waals surface area contributed by atoms with Crippen LogP contribution in [-0.4, -0.2) is 20.2 Å². The first-order chi connectivity index (χ1) is 10.3. The molecule has 3 heteroatoms. The summed E-state index contributed by atoms with van der Waals surface area (Å²) < 4.78 is 19.8. The van der Waals surface area contributed by atoms with Crippen molar-refractivity contribution in [2.75, 3.05) is 20.2 Å². The summed E-state index contributed by atoms with van der Waals surface area (Å²) in [5.41, 5.74) is 2.03. The van der Waals surface area contributed by atoms with E-state index in [1.807, 2.05) is 37.4 Å². The summed E-state index contributed by atoms with van der Waals surface area (Å²) in [6, 6.07) is 15.2. The van der Waals surface area contributed by atoms with E-state index in [1.54, 1.807) is 6.07 Å². The van der Waals surface area contributed by atoms with Gasteiger partial charge in [-0.1, -0.05) is 36.4 Å². The summed E-state index contributed by atoms with van der Waals surface area (Å²) in [6.07, 6.45) is 0.888. The summed E-state index contributed by atoms with van der Waals surface area (Å²) in [4.78, 5) is 0. The van der Waals surface area contributed by atoms with Crippen LogP contribution in [0.4, 0.5) is 4.39 Å². The summed E-state index contributed by atoms with van der Waals surface area (Å²) in [5, 5.41) is 3.18. The van der Waals surface area contributed by atoms with Crippen LogP contribution < -0.4 is 10.1 Å². The van der Waals surface area contributed by atoms with Crippen molar-refractivity contribution < 1.29 is 9.13 Å². The predicted octanol–water partition coefficient (Wildman–Crippen LogP) is 3.70. The number of para-hydroxylation sites is 1. The molecule has 0 saturated carbocycles. The summed E-state index contributed by atoms with van der Waals surface area (Å²) in [6.45, 7) is 1.45. The number of hydrogen-bond acceptors (Lipinski definition) is 2. The van der Waals surface area contributed by atoms with E-state index < -0.39 is 0 Å². The van der Waals surface area contributed by atoms with E-state index in [0.29, 0.717) is 12.5 Å². The highest BCUT2D eigenvalue weighted by Crippen LogP contribution is 2.39. The van der Waals surface area contributed by atoms with Gasteiger partial charge in [0.15, 0.2) is 0 Å². The van der Waals surface area contributed by atoms with Crippen molar-refractivity contribution >= 4 is 0 Å². The van der Waals surface area contributed by atoms with Crippen LogP contribution in [0.25, 0.3) is 0 Å². The molecule has 0 spiro atoms. The lowest BCUT2D eigenvalue weighted by Gasteiger charge is -2.21. The predicted molar refractivity (Wildman–Crippen MR) is 82.4 cm³/mol. The highest BCUT2D eigenvalue weighted by molar-refractivity contribution is 5.40.